The minimum atomic E-state index is -0.295. The molecule has 32 heavy (non-hydrogen) atoms. The van der Waals surface area contributed by atoms with Gasteiger partial charge in [-0.25, -0.2) is 9.38 Å². The second-order valence-electron chi connectivity index (χ2n) is 8.93. The first-order valence-corrected chi connectivity index (χ1v) is 12.6. The van der Waals surface area contributed by atoms with Gasteiger partial charge in [0.1, 0.15) is 22.2 Å². The molecule has 4 N–H and O–H groups in total. The summed E-state index contributed by atoms with van der Waals surface area (Å²) >= 11 is 2.88. The third kappa shape index (κ3) is 3.02. The van der Waals surface area contributed by atoms with Crippen LogP contribution in [-0.2, 0) is 17.9 Å². The van der Waals surface area contributed by atoms with Crippen molar-refractivity contribution in [2.24, 2.45) is 28.5 Å². The third-order valence-corrected chi connectivity index (χ3v) is 9.27. The average Bonchev–Trinajstić information content (AvgIpc) is 3.52. The van der Waals surface area contributed by atoms with Gasteiger partial charge < -0.3 is 20.5 Å². The molecular weight excluding hydrogens is 447 g/mol. The second-order valence-corrected chi connectivity index (χ2v) is 10.6. The van der Waals surface area contributed by atoms with Crippen LogP contribution in [0.15, 0.2) is 50.9 Å². The largest absolute Gasteiger partial charge is 0.511 e. The highest BCUT2D eigenvalue weighted by Gasteiger charge is 2.57. The van der Waals surface area contributed by atoms with Crippen LogP contribution < -0.4 is 10.5 Å². The van der Waals surface area contributed by atoms with Crippen molar-refractivity contribution >= 4 is 40.0 Å². The summed E-state index contributed by atoms with van der Waals surface area (Å²) in [5.74, 6) is 0.768. The van der Waals surface area contributed by atoms with Gasteiger partial charge in [0.2, 0.25) is 0 Å². The maximum absolute atomic E-state index is 13.8. The van der Waals surface area contributed by atoms with E-state index in [1.807, 2.05) is 10.3 Å². The molecule has 0 saturated heterocycles. The Kier molecular flexibility index (Phi) is 4.81. The molecule has 0 spiro atoms. The van der Waals surface area contributed by atoms with Crippen LogP contribution in [-0.4, -0.2) is 27.8 Å². The van der Waals surface area contributed by atoms with Gasteiger partial charge in [-0.2, -0.15) is 0 Å². The van der Waals surface area contributed by atoms with Gasteiger partial charge in [0, 0.05) is 25.0 Å². The number of nitrogens with one attached hydrogen (secondary N) is 1. The van der Waals surface area contributed by atoms with E-state index in [1.165, 1.54) is 35.4 Å². The van der Waals surface area contributed by atoms with Crippen LogP contribution in [0.3, 0.4) is 0 Å². The smallest absolute Gasteiger partial charge is 0.261 e. The molecule has 2 bridgehead atoms. The van der Waals surface area contributed by atoms with Crippen molar-refractivity contribution in [3.8, 4) is 0 Å². The van der Waals surface area contributed by atoms with Gasteiger partial charge in [-0.1, -0.05) is 12.1 Å². The zero-order valence-electron chi connectivity index (χ0n) is 17.3. The molecule has 3 heterocycles. The van der Waals surface area contributed by atoms with Crippen LogP contribution in [0.4, 0.5) is 9.39 Å². The topological polar surface area (TPSA) is 91.0 Å². The van der Waals surface area contributed by atoms with Crippen LogP contribution >= 0.6 is 23.3 Å². The molecule has 4 atom stereocenters. The Balaban J connectivity index is 1.41. The Bertz CT molecular complexity index is 1160. The van der Waals surface area contributed by atoms with Crippen molar-refractivity contribution in [1.29, 1.82) is 0 Å². The first-order chi connectivity index (χ1) is 15.5. The molecule has 2 saturated carbocycles. The first kappa shape index (κ1) is 20.3. The van der Waals surface area contributed by atoms with Crippen LogP contribution in [0.2, 0.25) is 0 Å². The van der Waals surface area contributed by atoms with E-state index >= 15 is 0 Å². The Morgan fingerprint density at radius 1 is 1.25 bits per heavy atom. The second kappa shape index (κ2) is 7.60. The number of aliphatic imine (C=N–C) groups is 1. The van der Waals surface area contributed by atoms with Crippen molar-refractivity contribution < 1.29 is 14.3 Å². The highest BCUT2D eigenvalue weighted by molar-refractivity contribution is 7.98. The number of hydrogen-bond acceptors (Lipinski definition) is 7. The highest BCUT2D eigenvalue weighted by Crippen LogP contribution is 2.55. The summed E-state index contributed by atoms with van der Waals surface area (Å²) in [5.41, 5.74) is 7.98. The Labute approximate surface area is 193 Å². The Morgan fingerprint density at radius 2 is 2.03 bits per heavy atom. The summed E-state index contributed by atoms with van der Waals surface area (Å²) in [6, 6.07) is 6.27. The van der Waals surface area contributed by atoms with Crippen LogP contribution in [0.1, 0.15) is 30.4 Å². The number of halogens is 1. The van der Waals surface area contributed by atoms with Crippen molar-refractivity contribution in [3.05, 3.63) is 57.9 Å². The summed E-state index contributed by atoms with van der Waals surface area (Å²) in [6.45, 7) is 0.818. The Morgan fingerprint density at radius 3 is 2.81 bits per heavy atom. The number of aliphatic hydroxyl groups is 1. The summed E-state index contributed by atoms with van der Waals surface area (Å²) in [4.78, 5) is 21.4. The lowest BCUT2D eigenvalue weighted by atomic mass is 9.77. The lowest BCUT2D eigenvalue weighted by Crippen LogP contribution is -2.53. The fourth-order valence-corrected chi connectivity index (χ4v) is 7.81. The van der Waals surface area contributed by atoms with Gasteiger partial charge in [-0.3, -0.25) is 4.79 Å². The van der Waals surface area contributed by atoms with E-state index in [0.29, 0.717) is 30.8 Å². The molecular formula is C23H23FN4O2S2. The number of nitrogens with two attached hydrogens (primary N) is 1. The number of fused-ring (bicyclic) bond motifs is 6. The van der Waals surface area contributed by atoms with E-state index in [2.05, 4.69) is 4.72 Å². The number of carbonyl (C=O) groups is 1. The van der Waals surface area contributed by atoms with E-state index in [-0.39, 0.29) is 35.0 Å². The molecule has 1 unspecified atom stereocenters. The van der Waals surface area contributed by atoms with Crippen molar-refractivity contribution in [1.82, 2.24) is 9.62 Å². The number of rotatable bonds is 4. The van der Waals surface area contributed by atoms with E-state index in [4.69, 9.17) is 10.7 Å². The minimum Gasteiger partial charge on any atom is -0.511 e. The van der Waals surface area contributed by atoms with Crippen molar-refractivity contribution in [2.75, 3.05) is 0 Å². The van der Waals surface area contributed by atoms with Crippen LogP contribution in [0, 0.1) is 23.6 Å². The molecule has 1 aromatic carbocycles. The molecule has 1 aromatic heterocycles. The molecule has 9 heteroatoms. The maximum Gasteiger partial charge on any atom is 0.261 e. The number of amides is 1. The number of benzene rings is 1. The molecule has 2 aromatic rings. The zero-order valence-corrected chi connectivity index (χ0v) is 18.9. The molecule has 0 radical (unpaired) electrons. The number of amidine groups is 1. The van der Waals surface area contributed by atoms with Gasteiger partial charge in [-0.15, -0.1) is 11.3 Å². The predicted octanol–water partition coefficient (Wildman–Crippen LogP) is 4.26. The summed E-state index contributed by atoms with van der Waals surface area (Å²) in [7, 11) is 0. The molecule has 2 fully saturated rings. The van der Waals surface area contributed by atoms with Crippen molar-refractivity contribution in [2.45, 2.75) is 43.3 Å². The molecule has 6 rings (SSSR count). The van der Waals surface area contributed by atoms with E-state index in [9.17, 15) is 14.3 Å². The number of thiophene rings is 1. The number of nitrogens with zero attached hydrogens (tertiary/aromatic N) is 2. The zero-order chi connectivity index (χ0) is 22.0. The minimum absolute atomic E-state index is 0.0203. The number of hydrogen-bond donors (Lipinski definition) is 3. The number of aliphatic hydroxyl groups excluding tert-OH is 1. The number of carbonyl (C=O) groups excluding carboxylic acids is 1. The maximum atomic E-state index is 13.8. The normalized spacial score (nSPS) is 28.5. The molecule has 4 aliphatic rings. The molecule has 2 aliphatic heterocycles. The summed E-state index contributed by atoms with van der Waals surface area (Å²) < 4.78 is 16.6. The lowest BCUT2D eigenvalue weighted by molar-refractivity contribution is -0.134. The lowest BCUT2D eigenvalue weighted by Gasteiger charge is -2.44. The summed E-state index contributed by atoms with van der Waals surface area (Å²) in [6.07, 6.45) is 3.19. The van der Waals surface area contributed by atoms with Gasteiger partial charge >= 0.3 is 0 Å². The Hall–Kier alpha value is -2.36. The van der Waals surface area contributed by atoms with Crippen molar-refractivity contribution in [3.63, 3.8) is 0 Å². The monoisotopic (exact) mass is 470 g/mol. The first-order valence-electron chi connectivity index (χ1n) is 10.9. The fourth-order valence-electron chi connectivity index (χ4n) is 5.87. The van der Waals surface area contributed by atoms with Crippen LogP contribution in [0.5, 0.6) is 0 Å². The van der Waals surface area contributed by atoms with Crippen LogP contribution in [0.25, 0.3) is 0 Å². The average molecular weight is 471 g/mol. The molecule has 166 valence electrons. The SMILES string of the molecule is NCc1csc2c1SNC(C1=C(O)[C@@H]3C4CC[C@H](C4)[C@@H]3N(Cc3ccc(F)cc3)C1=O)=N2. The fraction of sp³-hybridized carbons (Fsp3) is 0.391. The van der Waals surface area contributed by atoms with E-state index in [0.717, 1.165) is 40.3 Å². The van der Waals surface area contributed by atoms with E-state index in [1.54, 1.807) is 12.1 Å². The quantitative estimate of drug-likeness (QED) is 0.581. The van der Waals surface area contributed by atoms with Gasteiger partial charge in [0.05, 0.1) is 4.90 Å². The van der Waals surface area contributed by atoms with Gasteiger partial charge in [-0.05, 0) is 71.7 Å². The van der Waals surface area contributed by atoms with Gasteiger partial charge in [0.15, 0.2) is 5.84 Å². The molecule has 6 nitrogen and oxygen atoms in total. The third-order valence-electron chi connectivity index (χ3n) is 7.26. The van der Waals surface area contributed by atoms with Gasteiger partial charge in [0.25, 0.3) is 5.91 Å². The highest BCUT2D eigenvalue weighted by atomic mass is 32.2. The predicted molar refractivity (Wildman–Crippen MR) is 123 cm³/mol. The standard InChI is InChI=1S/C23H23FN4O2S2/c24-15-5-1-11(2-6-15)9-28-18-13-4-3-12(7-13)16(18)19(29)17(23(28)30)21-26-22-20(32-27-21)14(8-25)10-31-22/h1-2,5-6,10,12-13,16,18,29H,3-4,7-9,25H2,(H,26,27)/t12?,13-,16-,18+/m1/s1. The van der Waals surface area contributed by atoms with E-state index < -0.39 is 0 Å². The summed E-state index contributed by atoms with van der Waals surface area (Å²) in [5, 5.41) is 14.1. The molecule has 2 aliphatic carbocycles. The molecule has 1 amide bonds.